The van der Waals surface area contributed by atoms with Crippen molar-refractivity contribution in [1.82, 2.24) is 15.0 Å². The van der Waals surface area contributed by atoms with Gasteiger partial charge in [0, 0.05) is 29.9 Å². The number of rotatable bonds is 6. The van der Waals surface area contributed by atoms with Crippen molar-refractivity contribution in [2.45, 2.75) is 24.0 Å². The maximum absolute atomic E-state index is 11.1. The molecule has 7 heteroatoms. The molecule has 0 saturated heterocycles. The van der Waals surface area contributed by atoms with E-state index in [9.17, 15) is 4.91 Å². The van der Waals surface area contributed by atoms with Crippen LogP contribution in [0.25, 0.3) is 5.70 Å². The molecule has 3 rings (SSSR count). The van der Waals surface area contributed by atoms with Crippen molar-refractivity contribution in [3.05, 3.63) is 77.5 Å². The quantitative estimate of drug-likeness (QED) is 0.565. The fourth-order valence-corrected chi connectivity index (χ4v) is 3.79. The van der Waals surface area contributed by atoms with E-state index in [1.807, 2.05) is 31.3 Å². The van der Waals surface area contributed by atoms with E-state index in [4.69, 9.17) is 4.99 Å². The Bertz CT molecular complexity index is 834. The Morgan fingerprint density at radius 3 is 3.00 bits per heavy atom. The minimum Gasteiger partial charge on any atom is -0.274 e. The van der Waals surface area contributed by atoms with Gasteiger partial charge < -0.3 is 0 Å². The van der Waals surface area contributed by atoms with E-state index in [-0.39, 0.29) is 16.3 Å². The van der Waals surface area contributed by atoms with Crippen LogP contribution in [0, 0.1) is 4.91 Å². The van der Waals surface area contributed by atoms with Gasteiger partial charge in [-0.3, -0.25) is 9.98 Å². The number of aromatic nitrogens is 3. The molecule has 0 fully saturated rings. The van der Waals surface area contributed by atoms with E-state index < -0.39 is 0 Å². The van der Waals surface area contributed by atoms with Gasteiger partial charge in [0.2, 0.25) is 0 Å². The summed E-state index contributed by atoms with van der Waals surface area (Å²) in [7, 11) is 0. The summed E-state index contributed by atoms with van der Waals surface area (Å²) in [4.78, 5) is 28.7. The van der Waals surface area contributed by atoms with Crippen LogP contribution in [0.1, 0.15) is 41.1 Å². The first kappa shape index (κ1) is 17.2. The van der Waals surface area contributed by atoms with Crippen LogP contribution in [-0.2, 0) is 0 Å². The lowest BCUT2D eigenvalue weighted by molar-refractivity contribution is 1.02. The lowest BCUT2D eigenvalue weighted by atomic mass is 10.2. The summed E-state index contributed by atoms with van der Waals surface area (Å²) in [6.07, 6.45) is 9.12. The number of aliphatic imine (C=N–C) groups is 1. The number of nitrogens with zero attached hydrogens (tertiary/aromatic N) is 5. The molecular weight excluding hydrogens is 334 g/mol. The van der Waals surface area contributed by atoms with Crippen molar-refractivity contribution in [3.63, 3.8) is 0 Å². The molecular formula is C18H17N5OS. The molecule has 0 radical (unpaired) electrons. The van der Waals surface area contributed by atoms with Crippen LogP contribution >= 0.6 is 11.8 Å². The Kier molecular flexibility index (Phi) is 5.45. The van der Waals surface area contributed by atoms with Crippen molar-refractivity contribution >= 4 is 23.2 Å². The Labute approximate surface area is 150 Å². The number of nitroso groups, excluding NO2 is 1. The highest BCUT2D eigenvalue weighted by Crippen LogP contribution is 2.47. The first-order valence-electron chi connectivity index (χ1n) is 7.80. The molecule has 2 atom stereocenters. The zero-order chi connectivity index (χ0) is 17.6. The first-order chi connectivity index (χ1) is 12.2. The largest absolute Gasteiger partial charge is 0.274 e. The van der Waals surface area contributed by atoms with Crippen LogP contribution in [0.15, 0.2) is 65.7 Å². The van der Waals surface area contributed by atoms with Gasteiger partial charge in [0.25, 0.3) is 0 Å². The van der Waals surface area contributed by atoms with Crippen LogP contribution in [0.2, 0.25) is 0 Å². The van der Waals surface area contributed by atoms with Crippen molar-refractivity contribution in [2.75, 3.05) is 0 Å². The lowest BCUT2D eigenvalue weighted by Gasteiger charge is -2.12. The molecule has 0 bridgehead atoms. The van der Waals surface area contributed by atoms with Crippen molar-refractivity contribution in [3.8, 4) is 0 Å². The van der Waals surface area contributed by atoms with Crippen LogP contribution in [0.4, 0.5) is 0 Å². The molecule has 3 heterocycles. The van der Waals surface area contributed by atoms with Gasteiger partial charge in [-0.25, -0.2) is 9.97 Å². The minimum absolute atomic E-state index is 0.00269. The van der Waals surface area contributed by atoms with Crippen molar-refractivity contribution < 1.29 is 0 Å². The van der Waals surface area contributed by atoms with Gasteiger partial charge >= 0.3 is 0 Å². The van der Waals surface area contributed by atoms with E-state index in [0.717, 1.165) is 17.0 Å². The topological polar surface area (TPSA) is 80.5 Å². The Balaban J connectivity index is 1.86. The summed E-state index contributed by atoms with van der Waals surface area (Å²) in [5, 5.41) is 3.05. The van der Waals surface area contributed by atoms with E-state index in [1.165, 1.54) is 0 Å². The maximum Gasteiger partial charge on any atom is 0.181 e. The van der Waals surface area contributed by atoms with Gasteiger partial charge in [-0.15, -0.1) is 23.2 Å². The molecule has 2 aromatic heterocycles. The zero-order valence-corrected chi connectivity index (χ0v) is 14.6. The average molecular weight is 351 g/mol. The standard InChI is InChI=1S/C18H17N5OS/c1-3-4-7-15(23-24)17-20-10-8-14(22-17)16-12(2)21-18(25-16)13-6-5-9-19-11-13/h3,5-11,16,18H,1,4H2,2H3/b15-7-. The van der Waals surface area contributed by atoms with E-state index >= 15 is 0 Å². The summed E-state index contributed by atoms with van der Waals surface area (Å²) < 4.78 is 0. The molecule has 0 aliphatic carbocycles. The predicted molar refractivity (Wildman–Crippen MR) is 101 cm³/mol. The lowest BCUT2D eigenvalue weighted by Crippen LogP contribution is -2.06. The summed E-state index contributed by atoms with van der Waals surface area (Å²) >= 11 is 1.69. The molecule has 0 spiro atoms. The second kappa shape index (κ2) is 7.94. The summed E-state index contributed by atoms with van der Waals surface area (Å²) in [5.74, 6) is 0.326. The molecule has 0 aromatic carbocycles. The van der Waals surface area contributed by atoms with Gasteiger partial charge in [0.15, 0.2) is 5.82 Å². The minimum atomic E-state index is -0.00269. The number of pyridine rings is 1. The first-order valence-corrected chi connectivity index (χ1v) is 8.74. The molecule has 0 N–H and O–H groups in total. The fourth-order valence-electron chi connectivity index (χ4n) is 2.48. The fraction of sp³-hybridized carbons (Fsp3) is 0.222. The molecule has 2 aromatic rings. The zero-order valence-electron chi connectivity index (χ0n) is 13.7. The molecule has 1 aliphatic heterocycles. The number of hydrogen-bond donors (Lipinski definition) is 0. The van der Waals surface area contributed by atoms with Gasteiger partial charge in [0.05, 0.1) is 10.9 Å². The molecule has 0 saturated carbocycles. The third-order valence-corrected chi connectivity index (χ3v) is 5.18. The van der Waals surface area contributed by atoms with Gasteiger partial charge in [-0.05, 0) is 36.7 Å². The third kappa shape index (κ3) is 3.88. The number of thioether (sulfide) groups is 1. The Morgan fingerprint density at radius 2 is 2.28 bits per heavy atom. The van der Waals surface area contributed by atoms with Crippen LogP contribution in [0.3, 0.4) is 0 Å². The van der Waals surface area contributed by atoms with E-state index in [0.29, 0.717) is 12.2 Å². The maximum atomic E-state index is 11.1. The SMILES string of the molecule is C=CC/C=C(\N=O)c1nccc(C2SC(c3cccnc3)N=C2C)n1. The molecule has 25 heavy (non-hydrogen) atoms. The van der Waals surface area contributed by atoms with Crippen molar-refractivity contribution in [2.24, 2.45) is 10.2 Å². The van der Waals surface area contributed by atoms with Gasteiger partial charge in [-0.2, -0.15) is 0 Å². The second-order valence-electron chi connectivity index (χ2n) is 5.44. The van der Waals surface area contributed by atoms with Crippen LogP contribution in [0.5, 0.6) is 0 Å². The van der Waals surface area contributed by atoms with Crippen molar-refractivity contribution in [1.29, 1.82) is 0 Å². The smallest absolute Gasteiger partial charge is 0.181 e. The van der Waals surface area contributed by atoms with Crippen LogP contribution in [-0.4, -0.2) is 20.7 Å². The molecule has 1 aliphatic rings. The highest BCUT2D eigenvalue weighted by molar-refractivity contribution is 8.00. The number of allylic oxidation sites excluding steroid dienone is 2. The second-order valence-corrected chi connectivity index (χ2v) is 6.63. The molecule has 0 amide bonds. The third-order valence-electron chi connectivity index (χ3n) is 3.69. The monoisotopic (exact) mass is 351 g/mol. The predicted octanol–water partition coefficient (Wildman–Crippen LogP) is 4.50. The van der Waals surface area contributed by atoms with Gasteiger partial charge in [0.1, 0.15) is 11.1 Å². The number of hydrogen-bond acceptors (Lipinski definition) is 7. The van der Waals surface area contributed by atoms with E-state index in [1.54, 1.807) is 36.3 Å². The average Bonchev–Trinajstić information content (AvgIpc) is 3.05. The van der Waals surface area contributed by atoms with Gasteiger partial charge in [-0.1, -0.05) is 12.1 Å². The molecule has 2 unspecified atom stereocenters. The summed E-state index contributed by atoms with van der Waals surface area (Å²) in [6, 6.07) is 5.77. The Morgan fingerprint density at radius 1 is 1.40 bits per heavy atom. The highest BCUT2D eigenvalue weighted by Gasteiger charge is 2.30. The molecule has 6 nitrogen and oxygen atoms in total. The Hall–Kier alpha value is -2.67. The summed E-state index contributed by atoms with van der Waals surface area (Å²) in [5.41, 5.74) is 3.09. The highest BCUT2D eigenvalue weighted by atomic mass is 32.2. The summed E-state index contributed by atoms with van der Waals surface area (Å²) in [6.45, 7) is 5.62. The van der Waals surface area contributed by atoms with E-state index in [2.05, 4.69) is 26.7 Å². The van der Waals surface area contributed by atoms with Crippen LogP contribution < -0.4 is 0 Å². The molecule has 126 valence electrons. The normalized spacial score (nSPS) is 20.2.